The standard InChI is InChI=1S/C15H14N4O2/c1-9-7-13(16-10(2)20)15(21)14(8-9)19-17-11-5-3-4-6-12(11)18-19/h3-8,21H,1-2H3,(H,16,20). The number of nitrogens with one attached hydrogen (secondary N) is 1. The number of carbonyl (C=O) groups is 1. The molecule has 6 nitrogen and oxygen atoms in total. The number of hydrogen-bond donors (Lipinski definition) is 2. The van der Waals surface area contributed by atoms with Crippen molar-refractivity contribution in [3.63, 3.8) is 0 Å². The van der Waals surface area contributed by atoms with Gasteiger partial charge in [0.25, 0.3) is 0 Å². The highest BCUT2D eigenvalue weighted by molar-refractivity contribution is 5.91. The highest BCUT2D eigenvalue weighted by Gasteiger charge is 2.14. The molecular weight excluding hydrogens is 268 g/mol. The highest BCUT2D eigenvalue weighted by atomic mass is 16.3. The third-order valence-electron chi connectivity index (χ3n) is 3.05. The van der Waals surface area contributed by atoms with Crippen LogP contribution in [0, 0.1) is 6.92 Å². The molecule has 0 saturated carbocycles. The normalized spacial score (nSPS) is 10.8. The summed E-state index contributed by atoms with van der Waals surface area (Å²) in [6.07, 6.45) is 0. The average molecular weight is 282 g/mol. The zero-order valence-electron chi connectivity index (χ0n) is 11.7. The molecule has 0 fully saturated rings. The van der Waals surface area contributed by atoms with Gasteiger partial charge in [-0.3, -0.25) is 4.79 Å². The van der Waals surface area contributed by atoms with Gasteiger partial charge in [-0.25, -0.2) is 0 Å². The largest absolute Gasteiger partial charge is 0.504 e. The fraction of sp³-hybridized carbons (Fsp3) is 0.133. The molecule has 0 atom stereocenters. The number of aryl methyl sites for hydroxylation is 1. The van der Waals surface area contributed by atoms with E-state index in [1.54, 1.807) is 12.1 Å². The quantitative estimate of drug-likeness (QED) is 0.707. The number of carbonyl (C=O) groups excluding carboxylic acids is 1. The molecule has 0 saturated heterocycles. The molecule has 106 valence electrons. The van der Waals surface area contributed by atoms with E-state index in [0.717, 1.165) is 16.6 Å². The SMILES string of the molecule is CC(=O)Nc1cc(C)cc(-n2nc3ccccc3n2)c1O. The van der Waals surface area contributed by atoms with E-state index in [1.165, 1.54) is 11.7 Å². The number of aromatic hydroxyl groups is 1. The maximum atomic E-state index is 11.2. The van der Waals surface area contributed by atoms with Crippen LogP contribution in [0.4, 0.5) is 5.69 Å². The molecule has 0 unspecified atom stereocenters. The Balaban J connectivity index is 2.17. The van der Waals surface area contributed by atoms with Crippen molar-refractivity contribution in [2.75, 3.05) is 5.32 Å². The molecular formula is C15H14N4O2. The molecule has 1 heterocycles. The lowest BCUT2D eigenvalue weighted by Crippen LogP contribution is -2.08. The first kappa shape index (κ1) is 13.1. The summed E-state index contributed by atoms with van der Waals surface area (Å²) in [6, 6.07) is 10.9. The lowest BCUT2D eigenvalue weighted by molar-refractivity contribution is -0.114. The van der Waals surface area contributed by atoms with Crippen LogP contribution >= 0.6 is 0 Å². The summed E-state index contributed by atoms with van der Waals surface area (Å²) in [6.45, 7) is 3.26. The van der Waals surface area contributed by atoms with Gasteiger partial charge in [0.2, 0.25) is 5.91 Å². The lowest BCUT2D eigenvalue weighted by Gasteiger charge is -2.10. The summed E-state index contributed by atoms with van der Waals surface area (Å²) < 4.78 is 0. The van der Waals surface area contributed by atoms with E-state index in [4.69, 9.17) is 0 Å². The van der Waals surface area contributed by atoms with Crippen molar-refractivity contribution in [3.05, 3.63) is 42.0 Å². The van der Waals surface area contributed by atoms with Crippen molar-refractivity contribution in [3.8, 4) is 11.4 Å². The van der Waals surface area contributed by atoms with E-state index in [1.807, 2.05) is 31.2 Å². The van der Waals surface area contributed by atoms with Gasteiger partial charge in [0, 0.05) is 6.92 Å². The minimum absolute atomic E-state index is 0.0592. The Morgan fingerprint density at radius 2 is 1.81 bits per heavy atom. The maximum Gasteiger partial charge on any atom is 0.221 e. The predicted octanol–water partition coefficient (Wildman–Crippen LogP) is 2.39. The highest BCUT2D eigenvalue weighted by Crippen LogP contribution is 2.32. The number of fused-ring (bicyclic) bond motifs is 1. The molecule has 2 N–H and O–H groups in total. The second-order valence-electron chi connectivity index (χ2n) is 4.84. The molecule has 1 amide bonds. The molecule has 21 heavy (non-hydrogen) atoms. The summed E-state index contributed by atoms with van der Waals surface area (Å²) >= 11 is 0. The molecule has 0 spiro atoms. The minimum atomic E-state index is -0.250. The van der Waals surface area contributed by atoms with E-state index in [-0.39, 0.29) is 11.7 Å². The maximum absolute atomic E-state index is 11.2. The molecule has 0 bridgehead atoms. The number of phenolic OH excluding ortho intramolecular Hbond substituents is 1. The molecule has 0 aliphatic carbocycles. The topological polar surface area (TPSA) is 80.0 Å². The van der Waals surface area contributed by atoms with Crippen LogP contribution in [-0.4, -0.2) is 26.0 Å². The Morgan fingerprint density at radius 1 is 1.19 bits per heavy atom. The van der Waals surface area contributed by atoms with Crippen molar-refractivity contribution in [2.45, 2.75) is 13.8 Å². The summed E-state index contributed by atoms with van der Waals surface area (Å²) in [4.78, 5) is 12.6. The van der Waals surface area contributed by atoms with Crippen LogP contribution in [-0.2, 0) is 4.79 Å². The summed E-state index contributed by atoms with van der Waals surface area (Å²) in [5.41, 5.74) is 3.13. The molecule has 0 aliphatic heterocycles. The Kier molecular flexibility index (Phi) is 3.06. The Labute approximate surface area is 121 Å². The molecule has 3 rings (SSSR count). The van der Waals surface area contributed by atoms with Gasteiger partial charge >= 0.3 is 0 Å². The summed E-state index contributed by atoms with van der Waals surface area (Å²) in [5.74, 6) is -0.309. The molecule has 1 aromatic heterocycles. The summed E-state index contributed by atoms with van der Waals surface area (Å²) in [5, 5.41) is 21.6. The van der Waals surface area contributed by atoms with E-state index in [2.05, 4.69) is 15.5 Å². The first-order valence-electron chi connectivity index (χ1n) is 6.48. The number of phenols is 1. The fourth-order valence-corrected chi connectivity index (χ4v) is 2.16. The monoisotopic (exact) mass is 282 g/mol. The first-order chi connectivity index (χ1) is 10.0. The van der Waals surface area contributed by atoms with Gasteiger partial charge in [-0.15, -0.1) is 15.0 Å². The van der Waals surface area contributed by atoms with E-state index >= 15 is 0 Å². The van der Waals surface area contributed by atoms with Gasteiger partial charge in [0.1, 0.15) is 16.7 Å². The number of amides is 1. The van der Waals surface area contributed by atoms with Crippen LogP contribution in [0.25, 0.3) is 16.7 Å². The van der Waals surface area contributed by atoms with Gasteiger partial charge in [-0.05, 0) is 36.8 Å². The Bertz CT molecular complexity index is 806. The van der Waals surface area contributed by atoms with Crippen LogP contribution in [0.5, 0.6) is 5.75 Å². The summed E-state index contributed by atoms with van der Waals surface area (Å²) in [7, 11) is 0. The van der Waals surface area contributed by atoms with Crippen molar-refractivity contribution in [2.24, 2.45) is 0 Å². The van der Waals surface area contributed by atoms with Crippen molar-refractivity contribution in [1.82, 2.24) is 15.0 Å². The second-order valence-corrected chi connectivity index (χ2v) is 4.84. The number of nitrogens with zero attached hydrogens (tertiary/aromatic N) is 3. The molecule has 3 aromatic rings. The molecule has 0 radical (unpaired) electrons. The van der Waals surface area contributed by atoms with Crippen LogP contribution in [0.15, 0.2) is 36.4 Å². The second kappa shape index (κ2) is 4.90. The first-order valence-corrected chi connectivity index (χ1v) is 6.48. The molecule has 0 aliphatic rings. The minimum Gasteiger partial charge on any atom is -0.504 e. The van der Waals surface area contributed by atoms with Gasteiger partial charge in [-0.2, -0.15) is 0 Å². The zero-order chi connectivity index (χ0) is 15.0. The number of aromatic nitrogens is 3. The van der Waals surface area contributed by atoms with Gasteiger partial charge in [-0.1, -0.05) is 12.1 Å². The van der Waals surface area contributed by atoms with Crippen molar-refractivity contribution in [1.29, 1.82) is 0 Å². The Morgan fingerprint density at radius 3 is 2.38 bits per heavy atom. The number of rotatable bonds is 2. The fourth-order valence-electron chi connectivity index (χ4n) is 2.16. The van der Waals surface area contributed by atoms with Crippen LogP contribution < -0.4 is 5.32 Å². The van der Waals surface area contributed by atoms with Crippen LogP contribution in [0.2, 0.25) is 0 Å². The number of anilines is 1. The van der Waals surface area contributed by atoms with Gasteiger partial charge < -0.3 is 10.4 Å². The third-order valence-corrected chi connectivity index (χ3v) is 3.05. The third kappa shape index (κ3) is 2.43. The van der Waals surface area contributed by atoms with Crippen molar-refractivity contribution < 1.29 is 9.90 Å². The van der Waals surface area contributed by atoms with Crippen molar-refractivity contribution >= 4 is 22.6 Å². The predicted molar refractivity (Wildman–Crippen MR) is 79.6 cm³/mol. The molecule has 2 aromatic carbocycles. The van der Waals surface area contributed by atoms with E-state index < -0.39 is 0 Å². The lowest BCUT2D eigenvalue weighted by atomic mass is 10.1. The zero-order valence-corrected chi connectivity index (χ0v) is 11.7. The van der Waals surface area contributed by atoms with E-state index in [0.29, 0.717) is 11.4 Å². The Hall–Kier alpha value is -2.89. The average Bonchev–Trinajstić information content (AvgIpc) is 2.85. The number of hydrogen-bond acceptors (Lipinski definition) is 4. The van der Waals surface area contributed by atoms with E-state index in [9.17, 15) is 9.90 Å². The van der Waals surface area contributed by atoms with Crippen LogP contribution in [0.3, 0.4) is 0 Å². The smallest absolute Gasteiger partial charge is 0.221 e. The van der Waals surface area contributed by atoms with Gasteiger partial charge in [0.05, 0.1) is 5.69 Å². The molecule has 6 heteroatoms. The van der Waals surface area contributed by atoms with Crippen LogP contribution in [0.1, 0.15) is 12.5 Å². The van der Waals surface area contributed by atoms with Gasteiger partial charge in [0.15, 0.2) is 5.75 Å². The number of benzene rings is 2.